The highest BCUT2D eigenvalue weighted by molar-refractivity contribution is 5.94. The van der Waals surface area contributed by atoms with E-state index in [9.17, 15) is 14.4 Å². The topological polar surface area (TPSA) is 95.9 Å². The molecule has 1 unspecified atom stereocenters. The number of carbonyl (C=O) groups excluding carboxylic acids is 2. The molecule has 2 aromatic rings. The molecule has 3 rings (SSSR count). The van der Waals surface area contributed by atoms with Gasteiger partial charge in [0.25, 0.3) is 5.91 Å². The van der Waals surface area contributed by atoms with Crippen LogP contribution in [0.1, 0.15) is 28.8 Å². The van der Waals surface area contributed by atoms with Crippen LogP contribution in [-0.4, -0.2) is 47.5 Å². The Labute approximate surface area is 169 Å². The average Bonchev–Trinajstić information content (AvgIpc) is 2.76. The van der Waals surface area contributed by atoms with Crippen LogP contribution in [0.2, 0.25) is 0 Å². The molecule has 152 valence electrons. The van der Waals surface area contributed by atoms with E-state index in [1.165, 1.54) is 0 Å². The Morgan fingerprint density at radius 2 is 1.90 bits per heavy atom. The zero-order chi connectivity index (χ0) is 20.6. The lowest BCUT2D eigenvalue weighted by Gasteiger charge is -2.32. The Bertz CT molecular complexity index is 869. The van der Waals surface area contributed by atoms with Gasteiger partial charge in [-0.25, -0.2) is 4.79 Å². The molecular weight excluding hydrogens is 372 g/mol. The van der Waals surface area contributed by atoms with Gasteiger partial charge in [0.1, 0.15) is 5.75 Å². The van der Waals surface area contributed by atoms with E-state index >= 15 is 0 Å². The fraction of sp³-hybridized carbons (Fsp3) is 0.318. The number of hydrogen-bond acceptors (Lipinski definition) is 4. The van der Waals surface area contributed by atoms with Crippen molar-refractivity contribution in [2.24, 2.45) is 5.92 Å². The molecule has 2 amide bonds. The number of aliphatic carboxylic acids is 1. The van der Waals surface area contributed by atoms with Gasteiger partial charge in [0.2, 0.25) is 5.91 Å². The van der Waals surface area contributed by atoms with Crippen LogP contribution >= 0.6 is 0 Å². The van der Waals surface area contributed by atoms with Crippen LogP contribution in [0.5, 0.6) is 5.75 Å². The Balaban J connectivity index is 1.53. The predicted octanol–water partition coefficient (Wildman–Crippen LogP) is 2.32. The van der Waals surface area contributed by atoms with Crippen LogP contribution in [0.15, 0.2) is 54.6 Å². The van der Waals surface area contributed by atoms with Crippen molar-refractivity contribution >= 4 is 17.8 Å². The van der Waals surface area contributed by atoms with E-state index in [4.69, 9.17) is 9.84 Å². The van der Waals surface area contributed by atoms with E-state index in [0.717, 1.165) is 18.4 Å². The highest BCUT2D eigenvalue weighted by Gasteiger charge is 2.28. The molecule has 1 aliphatic heterocycles. The average molecular weight is 396 g/mol. The van der Waals surface area contributed by atoms with Crippen LogP contribution < -0.4 is 10.1 Å². The quantitative estimate of drug-likeness (QED) is 0.749. The van der Waals surface area contributed by atoms with Crippen molar-refractivity contribution in [2.45, 2.75) is 19.4 Å². The second-order valence-corrected chi connectivity index (χ2v) is 7.00. The Morgan fingerprint density at radius 3 is 2.66 bits per heavy atom. The smallest absolute Gasteiger partial charge is 0.341 e. The van der Waals surface area contributed by atoms with Gasteiger partial charge in [-0.2, -0.15) is 0 Å². The highest BCUT2D eigenvalue weighted by Crippen LogP contribution is 2.19. The van der Waals surface area contributed by atoms with E-state index in [0.29, 0.717) is 30.9 Å². The van der Waals surface area contributed by atoms with Crippen LogP contribution in [0.25, 0.3) is 0 Å². The van der Waals surface area contributed by atoms with Gasteiger partial charge < -0.3 is 20.1 Å². The van der Waals surface area contributed by atoms with Crippen molar-refractivity contribution in [3.05, 3.63) is 65.7 Å². The van der Waals surface area contributed by atoms with E-state index in [1.807, 2.05) is 24.3 Å². The maximum atomic E-state index is 12.6. The summed E-state index contributed by atoms with van der Waals surface area (Å²) in [6, 6.07) is 16.0. The molecule has 7 heteroatoms. The molecule has 29 heavy (non-hydrogen) atoms. The van der Waals surface area contributed by atoms with Gasteiger partial charge in [-0.15, -0.1) is 0 Å². The molecule has 0 aromatic heterocycles. The van der Waals surface area contributed by atoms with Crippen molar-refractivity contribution in [1.29, 1.82) is 0 Å². The van der Waals surface area contributed by atoms with Gasteiger partial charge in [0.15, 0.2) is 6.61 Å². The number of carbonyl (C=O) groups is 3. The molecule has 7 nitrogen and oxygen atoms in total. The third-order valence-electron chi connectivity index (χ3n) is 4.83. The first-order chi connectivity index (χ1) is 14.0. The summed E-state index contributed by atoms with van der Waals surface area (Å²) in [6.45, 7) is 0.956. The fourth-order valence-electron chi connectivity index (χ4n) is 3.36. The Hall–Kier alpha value is -3.35. The van der Waals surface area contributed by atoms with Crippen molar-refractivity contribution in [2.75, 3.05) is 19.7 Å². The number of rotatable bonds is 7. The lowest BCUT2D eigenvalue weighted by Crippen LogP contribution is -2.45. The minimum Gasteiger partial charge on any atom is -0.482 e. The normalized spacial score (nSPS) is 16.1. The van der Waals surface area contributed by atoms with Crippen LogP contribution in [-0.2, 0) is 16.1 Å². The number of amides is 2. The van der Waals surface area contributed by atoms with Gasteiger partial charge in [0.05, 0.1) is 5.92 Å². The number of benzene rings is 2. The number of piperidine rings is 1. The molecule has 0 spiro atoms. The third kappa shape index (κ3) is 5.81. The van der Waals surface area contributed by atoms with Gasteiger partial charge >= 0.3 is 5.97 Å². The standard InChI is InChI=1S/C22H24N2O5/c25-20(26)15-29-19-10-4-6-16(12-19)13-23-21(27)18-9-5-11-24(14-18)22(28)17-7-2-1-3-8-17/h1-4,6-8,10,12,18H,5,9,11,13-15H2,(H,23,27)(H,25,26). The molecule has 0 aliphatic carbocycles. The molecule has 1 fully saturated rings. The first-order valence-corrected chi connectivity index (χ1v) is 9.58. The maximum absolute atomic E-state index is 12.6. The van der Waals surface area contributed by atoms with Gasteiger partial charge in [-0.1, -0.05) is 30.3 Å². The molecule has 0 saturated carbocycles. The molecule has 2 N–H and O–H groups in total. The molecule has 1 saturated heterocycles. The zero-order valence-corrected chi connectivity index (χ0v) is 16.0. The molecule has 0 bridgehead atoms. The van der Waals surface area contributed by atoms with Gasteiger partial charge in [-0.05, 0) is 42.7 Å². The molecule has 1 aliphatic rings. The number of hydrogen-bond donors (Lipinski definition) is 2. The summed E-state index contributed by atoms with van der Waals surface area (Å²) in [7, 11) is 0. The Kier molecular flexibility index (Phi) is 6.84. The summed E-state index contributed by atoms with van der Waals surface area (Å²) in [5, 5.41) is 11.6. The lowest BCUT2D eigenvalue weighted by atomic mass is 9.96. The van der Waals surface area contributed by atoms with E-state index in [1.54, 1.807) is 35.2 Å². The number of nitrogens with zero attached hydrogens (tertiary/aromatic N) is 1. The van der Waals surface area contributed by atoms with Crippen molar-refractivity contribution in [1.82, 2.24) is 10.2 Å². The zero-order valence-electron chi connectivity index (χ0n) is 16.0. The molecular formula is C22H24N2O5. The number of carboxylic acid groups (broad SMARTS) is 1. The highest BCUT2D eigenvalue weighted by atomic mass is 16.5. The van der Waals surface area contributed by atoms with Crippen molar-refractivity contribution in [3.63, 3.8) is 0 Å². The van der Waals surface area contributed by atoms with Crippen LogP contribution in [0.3, 0.4) is 0 Å². The second-order valence-electron chi connectivity index (χ2n) is 7.00. The van der Waals surface area contributed by atoms with E-state index in [-0.39, 0.29) is 17.7 Å². The van der Waals surface area contributed by atoms with Crippen molar-refractivity contribution < 1.29 is 24.2 Å². The van der Waals surface area contributed by atoms with Crippen LogP contribution in [0.4, 0.5) is 0 Å². The van der Waals surface area contributed by atoms with Crippen LogP contribution in [0, 0.1) is 5.92 Å². The summed E-state index contributed by atoms with van der Waals surface area (Å²) in [4.78, 5) is 37.6. The number of ether oxygens (including phenoxy) is 1. The SMILES string of the molecule is O=C(O)COc1cccc(CNC(=O)C2CCCN(C(=O)c3ccccc3)C2)c1. The monoisotopic (exact) mass is 396 g/mol. The van der Waals surface area contributed by atoms with E-state index in [2.05, 4.69) is 5.32 Å². The number of likely N-dealkylation sites (tertiary alicyclic amines) is 1. The third-order valence-corrected chi connectivity index (χ3v) is 4.83. The minimum absolute atomic E-state index is 0.0496. The van der Waals surface area contributed by atoms with E-state index < -0.39 is 12.6 Å². The first-order valence-electron chi connectivity index (χ1n) is 9.58. The predicted molar refractivity (Wildman–Crippen MR) is 106 cm³/mol. The summed E-state index contributed by atoms with van der Waals surface area (Å²) >= 11 is 0. The first kappa shape index (κ1) is 20.4. The second kappa shape index (κ2) is 9.73. The summed E-state index contributed by atoms with van der Waals surface area (Å²) < 4.78 is 5.16. The minimum atomic E-state index is -1.05. The summed E-state index contributed by atoms with van der Waals surface area (Å²) in [5.41, 5.74) is 1.45. The maximum Gasteiger partial charge on any atom is 0.341 e. The molecule has 2 aromatic carbocycles. The summed E-state index contributed by atoms with van der Waals surface area (Å²) in [5.74, 6) is -0.992. The van der Waals surface area contributed by atoms with Gasteiger partial charge in [0, 0.05) is 25.2 Å². The van der Waals surface area contributed by atoms with Crippen molar-refractivity contribution in [3.8, 4) is 5.75 Å². The summed E-state index contributed by atoms with van der Waals surface area (Å²) in [6.07, 6.45) is 1.53. The molecule has 1 heterocycles. The lowest BCUT2D eigenvalue weighted by molar-refractivity contribution is -0.139. The largest absolute Gasteiger partial charge is 0.482 e. The Morgan fingerprint density at radius 1 is 1.10 bits per heavy atom. The fourth-order valence-corrected chi connectivity index (χ4v) is 3.36. The number of carboxylic acids is 1. The number of nitrogens with one attached hydrogen (secondary N) is 1. The van der Waals surface area contributed by atoms with Gasteiger partial charge in [-0.3, -0.25) is 9.59 Å². The molecule has 0 radical (unpaired) electrons. The molecule has 1 atom stereocenters.